The number of benzene rings is 1. The largest absolute Gasteiger partial charge is 0.313 e. The first-order valence-corrected chi connectivity index (χ1v) is 8.37. The predicted molar refractivity (Wildman–Crippen MR) is 78.7 cm³/mol. The van der Waals surface area contributed by atoms with Crippen molar-refractivity contribution in [3.63, 3.8) is 0 Å². The van der Waals surface area contributed by atoms with Crippen molar-refractivity contribution in [2.75, 3.05) is 11.8 Å². The van der Waals surface area contributed by atoms with Gasteiger partial charge in [-0.25, -0.2) is 8.42 Å². The van der Waals surface area contributed by atoms with Gasteiger partial charge in [-0.05, 0) is 38.4 Å². The number of anilines is 1. The molecule has 4 nitrogen and oxygen atoms in total. The quantitative estimate of drug-likeness (QED) is 0.873. The van der Waals surface area contributed by atoms with Crippen LogP contribution in [0.4, 0.5) is 5.69 Å². The topological polar surface area (TPSA) is 58.2 Å². The monoisotopic (exact) mass is 282 g/mol. The van der Waals surface area contributed by atoms with E-state index in [1.165, 1.54) is 0 Å². The first-order chi connectivity index (χ1) is 9.04. The van der Waals surface area contributed by atoms with E-state index in [4.69, 9.17) is 0 Å². The summed E-state index contributed by atoms with van der Waals surface area (Å²) in [5.41, 5.74) is 1.67. The summed E-state index contributed by atoms with van der Waals surface area (Å²) >= 11 is 0. The highest BCUT2D eigenvalue weighted by atomic mass is 32.2. The zero-order valence-electron chi connectivity index (χ0n) is 11.5. The molecular formula is C14H22N2O2S. The number of hydrogen-bond acceptors (Lipinski definition) is 3. The van der Waals surface area contributed by atoms with Crippen LogP contribution in [-0.2, 0) is 10.0 Å². The van der Waals surface area contributed by atoms with Crippen LogP contribution in [0.3, 0.4) is 0 Å². The average molecular weight is 282 g/mol. The molecule has 1 saturated carbocycles. The van der Waals surface area contributed by atoms with E-state index >= 15 is 0 Å². The van der Waals surface area contributed by atoms with Crippen molar-refractivity contribution in [2.24, 2.45) is 0 Å². The SMILES string of the molecule is CNC(C)c1ccccc1NS(=O)(=O)C1CCCC1. The number of hydrogen-bond donors (Lipinski definition) is 2. The van der Waals surface area contributed by atoms with Crippen molar-refractivity contribution in [1.29, 1.82) is 0 Å². The first kappa shape index (κ1) is 14.3. The van der Waals surface area contributed by atoms with Gasteiger partial charge in [0.25, 0.3) is 0 Å². The summed E-state index contributed by atoms with van der Waals surface area (Å²) in [5, 5.41) is 2.91. The Bertz CT molecular complexity index is 522. The maximum atomic E-state index is 12.3. The van der Waals surface area contributed by atoms with E-state index in [1.807, 2.05) is 38.2 Å². The summed E-state index contributed by atoms with van der Waals surface area (Å²) in [5.74, 6) is 0. The van der Waals surface area contributed by atoms with Crippen molar-refractivity contribution in [2.45, 2.75) is 43.9 Å². The van der Waals surface area contributed by atoms with Gasteiger partial charge in [0.05, 0.1) is 10.9 Å². The molecular weight excluding hydrogens is 260 g/mol. The minimum atomic E-state index is -3.26. The minimum absolute atomic E-state index is 0.113. The summed E-state index contributed by atoms with van der Waals surface area (Å²) in [6.07, 6.45) is 3.58. The third kappa shape index (κ3) is 3.28. The molecule has 1 atom stereocenters. The molecule has 1 aliphatic rings. The van der Waals surface area contributed by atoms with Crippen LogP contribution in [0.2, 0.25) is 0 Å². The van der Waals surface area contributed by atoms with Gasteiger partial charge in [0.15, 0.2) is 0 Å². The second-order valence-corrected chi connectivity index (χ2v) is 7.11. The molecule has 0 aliphatic heterocycles. The lowest BCUT2D eigenvalue weighted by Crippen LogP contribution is -2.26. The Morgan fingerprint density at radius 3 is 2.47 bits per heavy atom. The third-order valence-corrected chi connectivity index (χ3v) is 5.71. The van der Waals surface area contributed by atoms with Crippen LogP contribution in [0.5, 0.6) is 0 Å². The fourth-order valence-electron chi connectivity index (χ4n) is 2.56. The molecule has 5 heteroatoms. The second-order valence-electron chi connectivity index (χ2n) is 5.15. The molecule has 1 aliphatic carbocycles. The smallest absolute Gasteiger partial charge is 0.235 e. The van der Waals surface area contributed by atoms with Gasteiger partial charge in [0.1, 0.15) is 0 Å². The van der Waals surface area contributed by atoms with Crippen LogP contribution in [0.15, 0.2) is 24.3 Å². The van der Waals surface area contributed by atoms with Gasteiger partial charge in [0.2, 0.25) is 10.0 Å². The van der Waals surface area contributed by atoms with Crippen molar-refractivity contribution >= 4 is 15.7 Å². The number of rotatable bonds is 5. The minimum Gasteiger partial charge on any atom is -0.313 e. The number of nitrogens with one attached hydrogen (secondary N) is 2. The number of sulfonamides is 1. The first-order valence-electron chi connectivity index (χ1n) is 6.82. The van der Waals surface area contributed by atoms with Gasteiger partial charge in [0, 0.05) is 6.04 Å². The standard InChI is InChI=1S/C14H22N2O2S/c1-11(15-2)13-9-5-6-10-14(13)16-19(17,18)12-7-3-4-8-12/h5-6,9-12,15-16H,3-4,7-8H2,1-2H3. The maximum Gasteiger partial charge on any atom is 0.235 e. The van der Waals surface area contributed by atoms with E-state index in [-0.39, 0.29) is 11.3 Å². The van der Waals surface area contributed by atoms with Crippen LogP contribution in [0.25, 0.3) is 0 Å². The zero-order chi connectivity index (χ0) is 13.9. The molecule has 0 heterocycles. The Balaban J connectivity index is 2.23. The molecule has 1 aromatic rings. The van der Waals surface area contributed by atoms with Crippen LogP contribution in [0.1, 0.15) is 44.2 Å². The van der Waals surface area contributed by atoms with Gasteiger partial charge in [-0.3, -0.25) is 4.72 Å². The molecule has 0 spiro atoms. The summed E-state index contributed by atoms with van der Waals surface area (Å²) in [6, 6.07) is 7.68. The molecule has 0 bridgehead atoms. The van der Waals surface area contributed by atoms with Crippen molar-refractivity contribution in [1.82, 2.24) is 5.32 Å². The molecule has 1 aromatic carbocycles. The van der Waals surface area contributed by atoms with E-state index < -0.39 is 10.0 Å². The Morgan fingerprint density at radius 2 is 1.84 bits per heavy atom. The normalized spacial score (nSPS) is 18.4. The molecule has 2 N–H and O–H groups in total. The molecule has 19 heavy (non-hydrogen) atoms. The highest BCUT2D eigenvalue weighted by Crippen LogP contribution is 2.28. The van der Waals surface area contributed by atoms with Crippen LogP contribution in [0, 0.1) is 0 Å². The zero-order valence-corrected chi connectivity index (χ0v) is 12.3. The summed E-state index contributed by atoms with van der Waals surface area (Å²) in [6.45, 7) is 2.02. The van der Waals surface area contributed by atoms with Crippen molar-refractivity contribution in [3.05, 3.63) is 29.8 Å². The molecule has 0 aromatic heterocycles. The lowest BCUT2D eigenvalue weighted by molar-refractivity contribution is 0.585. The fraction of sp³-hybridized carbons (Fsp3) is 0.571. The average Bonchev–Trinajstić information content (AvgIpc) is 2.93. The Kier molecular flexibility index (Phi) is 4.47. The summed E-state index contributed by atoms with van der Waals surface area (Å²) in [4.78, 5) is 0. The van der Waals surface area contributed by atoms with Crippen molar-refractivity contribution < 1.29 is 8.42 Å². The van der Waals surface area contributed by atoms with E-state index in [9.17, 15) is 8.42 Å². The molecule has 1 unspecified atom stereocenters. The Labute approximate surface area is 115 Å². The van der Waals surface area contributed by atoms with Crippen LogP contribution in [-0.4, -0.2) is 20.7 Å². The molecule has 2 rings (SSSR count). The van der Waals surface area contributed by atoms with Gasteiger partial charge >= 0.3 is 0 Å². The van der Waals surface area contributed by atoms with Crippen molar-refractivity contribution in [3.8, 4) is 0 Å². The Morgan fingerprint density at radius 1 is 1.21 bits per heavy atom. The lowest BCUT2D eigenvalue weighted by Gasteiger charge is -2.19. The number of para-hydroxylation sites is 1. The third-order valence-electron chi connectivity index (χ3n) is 3.85. The molecule has 0 amide bonds. The van der Waals surface area contributed by atoms with Gasteiger partial charge in [-0.2, -0.15) is 0 Å². The van der Waals surface area contributed by atoms with E-state index in [2.05, 4.69) is 10.0 Å². The summed E-state index contributed by atoms with van der Waals surface area (Å²) in [7, 11) is -1.39. The maximum absolute atomic E-state index is 12.3. The van der Waals surface area contributed by atoms with Crippen LogP contribution >= 0.6 is 0 Å². The highest BCUT2D eigenvalue weighted by Gasteiger charge is 2.29. The van der Waals surface area contributed by atoms with Crippen LogP contribution < -0.4 is 10.0 Å². The Hall–Kier alpha value is -1.07. The molecule has 1 fully saturated rings. The molecule has 0 radical (unpaired) electrons. The van der Waals surface area contributed by atoms with E-state index in [0.29, 0.717) is 5.69 Å². The summed E-state index contributed by atoms with van der Waals surface area (Å²) < 4.78 is 27.4. The van der Waals surface area contributed by atoms with E-state index in [1.54, 1.807) is 0 Å². The second kappa shape index (κ2) is 5.92. The predicted octanol–water partition coefficient (Wildman–Crippen LogP) is 2.65. The molecule has 0 saturated heterocycles. The van der Waals surface area contributed by atoms with Gasteiger partial charge in [-0.15, -0.1) is 0 Å². The molecule has 106 valence electrons. The highest BCUT2D eigenvalue weighted by molar-refractivity contribution is 7.93. The van der Waals surface area contributed by atoms with Gasteiger partial charge < -0.3 is 5.32 Å². The lowest BCUT2D eigenvalue weighted by atomic mass is 10.1. The fourth-order valence-corrected chi connectivity index (χ4v) is 4.17. The van der Waals surface area contributed by atoms with E-state index in [0.717, 1.165) is 31.2 Å². The van der Waals surface area contributed by atoms with Gasteiger partial charge in [-0.1, -0.05) is 31.0 Å².